The largest absolute Gasteiger partial charge is 0.389 e. The number of hydrogen-bond acceptors (Lipinski definition) is 5. The van der Waals surface area contributed by atoms with Gasteiger partial charge in [0.1, 0.15) is 4.99 Å². The van der Waals surface area contributed by atoms with Gasteiger partial charge in [-0.1, -0.05) is 12.2 Å². The zero-order valence-corrected chi connectivity index (χ0v) is 12.5. The van der Waals surface area contributed by atoms with Crippen LogP contribution in [0.15, 0.2) is 0 Å². The van der Waals surface area contributed by atoms with Gasteiger partial charge in [-0.15, -0.1) is 5.10 Å². The van der Waals surface area contributed by atoms with Crippen molar-refractivity contribution >= 4 is 28.9 Å². The minimum atomic E-state index is -0.101. The Morgan fingerprint density at radius 3 is 2.53 bits per heavy atom. The number of nitrogens with one attached hydrogen (secondary N) is 1. The van der Waals surface area contributed by atoms with E-state index in [0.717, 1.165) is 11.3 Å². The average Bonchev–Trinajstić information content (AvgIpc) is 2.38. The average molecular weight is 281 g/mol. The van der Waals surface area contributed by atoms with Crippen LogP contribution < -0.4 is 16.0 Å². The Hall–Kier alpha value is -1.76. The standard InChI is InChI=1S/C12H19N5OS/c1-5-17(6-9(18)14-4)12-10(11(13)19)7(2)8(3)15-16-12/h5-6H2,1-4H3,(H2,13,19)(H,14,18). The molecule has 0 radical (unpaired) electrons. The van der Waals surface area contributed by atoms with Gasteiger partial charge in [-0.05, 0) is 26.3 Å². The molecule has 0 spiro atoms. The summed E-state index contributed by atoms with van der Waals surface area (Å²) in [6, 6.07) is 0. The lowest BCUT2D eigenvalue weighted by molar-refractivity contribution is -0.119. The molecule has 1 aromatic rings. The van der Waals surface area contributed by atoms with Gasteiger partial charge in [-0.25, -0.2) is 0 Å². The maximum atomic E-state index is 11.5. The van der Waals surface area contributed by atoms with E-state index in [-0.39, 0.29) is 17.4 Å². The molecule has 0 aliphatic rings. The van der Waals surface area contributed by atoms with E-state index in [2.05, 4.69) is 15.5 Å². The SMILES string of the molecule is CCN(CC(=O)NC)c1nnc(C)c(C)c1C(N)=S. The van der Waals surface area contributed by atoms with Crippen molar-refractivity contribution in [3.8, 4) is 0 Å². The maximum Gasteiger partial charge on any atom is 0.239 e. The zero-order chi connectivity index (χ0) is 14.6. The Morgan fingerprint density at radius 1 is 1.42 bits per heavy atom. The summed E-state index contributed by atoms with van der Waals surface area (Å²) in [5, 5.41) is 10.8. The molecule has 104 valence electrons. The Balaban J connectivity index is 3.27. The number of anilines is 1. The number of rotatable bonds is 5. The molecule has 0 saturated carbocycles. The highest BCUT2D eigenvalue weighted by Gasteiger charge is 2.19. The van der Waals surface area contributed by atoms with Crippen molar-refractivity contribution in [3.63, 3.8) is 0 Å². The molecule has 0 bridgehead atoms. The van der Waals surface area contributed by atoms with Gasteiger partial charge < -0.3 is 16.0 Å². The summed E-state index contributed by atoms with van der Waals surface area (Å²) in [6.45, 7) is 6.49. The van der Waals surface area contributed by atoms with E-state index in [1.807, 2.05) is 20.8 Å². The predicted molar refractivity (Wildman–Crippen MR) is 79.3 cm³/mol. The smallest absolute Gasteiger partial charge is 0.239 e. The summed E-state index contributed by atoms with van der Waals surface area (Å²) in [5.74, 6) is 0.456. The number of amides is 1. The molecule has 1 amide bonds. The van der Waals surface area contributed by atoms with Gasteiger partial charge in [-0.3, -0.25) is 4.79 Å². The molecule has 1 heterocycles. The van der Waals surface area contributed by atoms with Crippen molar-refractivity contribution < 1.29 is 4.79 Å². The number of nitrogens with two attached hydrogens (primary N) is 1. The van der Waals surface area contributed by atoms with Crippen LogP contribution in [0.3, 0.4) is 0 Å². The molecule has 0 unspecified atom stereocenters. The first-order chi connectivity index (χ1) is 8.92. The quantitative estimate of drug-likeness (QED) is 0.755. The van der Waals surface area contributed by atoms with Gasteiger partial charge in [0, 0.05) is 13.6 Å². The highest BCUT2D eigenvalue weighted by Crippen LogP contribution is 2.21. The number of carbonyl (C=O) groups excluding carboxylic acids is 1. The molecule has 1 aromatic heterocycles. The maximum absolute atomic E-state index is 11.5. The van der Waals surface area contributed by atoms with Crippen molar-refractivity contribution in [1.29, 1.82) is 0 Å². The van der Waals surface area contributed by atoms with E-state index in [4.69, 9.17) is 18.0 Å². The van der Waals surface area contributed by atoms with Gasteiger partial charge in [0.25, 0.3) is 0 Å². The number of nitrogens with zero attached hydrogens (tertiary/aromatic N) is 3. The Labute approximate surface area is 118 Å². The molecule has 6 nitrogen and oxygen atoms in total. The lowest BCUT2D eigenvalue weighted by Crippen LogP contribution is -2.37. The number of likely N-dealkylation sites (N-methyl/N-ethyl adjacent to an activating group) is 2. The molecular formula is C12H19N5OS. The summed E-state index contributed by atoms with van der Waals surface area (Å²) in [6.07, 6.45) is 0. The monoisotopic (exact) mass is 281 g/mol. The van der Waals surface area contributed by atoms with E-state index in [1.165, 1.54) is 0 Å². The van der Waals surface area contributed by atoms with Gasteiger partial charge in [0.2, 0.25) is 5.91 Å². The van der Waals surface area contributed by atoms with Crippen molar-refractivity contribution in [1.82, 2.24) is 15.5 Å². The summed E-state index contributed by atoms with van der Waals surface area (Å²) < 4.78 is 0. The van der Waals surface area contributed by atoms with Gasteiger partial charge in [0.15, 0.2) is 5.82 Å². The van der Waals surface area contributed by atoms with Crippen molar-refractivity contribution in [2.75, 3.05) is 25.0 Å². The third kappa shape index (κ3) is 3.37. The molecule has 0 fully saturated rings. The van der Waals surface area contributed by atoms with Crippen LogP contribution in [-0.4, -0.2) is 41.2 Å². The van der Waals surface area contributed by atoms with E-state index >= 15 is 0 Å². The molecular weight excluding hydrogens is 262 g/mol. The first-order valence-corrected chi connectivity index (χ1v) is 6.42. The highest BCUT2D eigenvalue weighted by molar-refractivity contribution is 7.80. The van der Waals surface area contributed by atoms with E-state index in [9.17, 15) is 4.79 Å². The highest BCUT2D eigenvalue weighted by atomic mass is 32.1. The summed E-state index contributed by atoms with van der Waals surface area (Å²) in [7, 11) is 1.59. The molecule has 0 saturated heterocycles. The van der Waals surface area contributed by atoms with Crippen molar-refractivity contribution in [2.45, 2.75) is 20.8 Å². The van der Waals surface area contributed by atoms with Crippen LogP contribution in [0, 0.1) is 13.8 Å². The summed E-state index contributed by atoms with van der Waals surface area (Å²) in [5.41, 5.74) is 8.14. The van der Waals surface area contributed by atoms with Crippen LogP contribution in [-0.2, 0) is 4.79 Å². The molecule has 0 atom stereocenters. The summed E-state index contributed by atoms with van der Waals surface area (Å²) in [4.78, 5) is 13.6. The number of aromatic nitrogens is 2. The fourth-order valence-electron chi connectivity index (χ4n) is 1.70. The zero-order valence-electron chi connectivity index (χ0n) is 11.6. The first kappa shape index (κ1) is 15.3. The molecule has 0 aliphatic carbocycles. The number of carbonyl (C=O) groups is 1. The first-order valence-electron chi connectivity index (χ1n) is 6.01. The number of aryl methyl sites for hydroxylation is 1. The minimum Gasteiger partial charge on any atom is -0.389 e. The third-order valence-corrected chi connectivity index (χ3v) is 3.18. The van der Waals surface area contributed by atoms with Crippen LogP contribution in [0.25, 0.3) is 0 Å². The Morgan fingerprint density at radius 2 is 2.05 bits per heavy atom. The lowest BCUT2D eigenvalue weighted by atomic mass is 10.1. The summed E-state index contributed by atoms with van der Waals surface area (Å²) >= 11 is 5.09. The fourth-order valence-corrected chi connectivity index (χ4v) is 1.95. The Bertz CT molecular complexity index is 503. The second kappa shape index (κ2) is 6.42. The van der Waals surface area contributed by atoms with Gasteiger partial charge >= 0.3 is 0 Å². The fraction of sp³-hybridized carbons (Fsp3) is 0.500. The minimum absolute atomic E-state index is 0.101. The Kier molecular flexibility index (Phi) is 5.17. The second-order valence-electron chi connectivity index (χ2n) is 4.16. The molecule has 1 rings (SSSR count). The molecule has 7 heteroatoms. The number of hydrogen-bond donors (Lipinski definition) is 2. The lowest BCUT2D eigenvalue weighted by Gasteiger charge is -2.24. The van der Waals surface area contributed by atoms with Crippen LogP contribution in [0.2, 0.25) is 0 Å². The molecule has 0 aromatic carbocycles. The normalized spacial score (nSPS) is 10.1. The van der Waals surface area contributed by atoms with Crippen LogP contribution in [0.4, 0.5) is 5.82 Å². The molecule has 19 heavy (non-hydrogen) atoms. The van der Waals surface area contributed by atoms with Gasteiger partial charge in [-0.2, -0.15) is 5.10 Å². The molecule has 0 aliphatic heterocycles. The topological polar surface area (TPSA) is 84.1 Å². The van der Waals surface area contributed by atoms with Crippen molar-refractivity contribution in [3.05, 3.63) is 16.8 Å². The predicted octanol–water partition coefficient (Wildman–Crippen LogP) is 0.300. The van der Waals surface area contributed by atoms with Gasteiger partial charge in [0.05, 0.1) is 17.8 Å². The van der Waals surface area contributed by atoms with Crippen LogP contribution >= 0.6 is 12.2 Å². The van der Waals surface area contributed by atoms with E-state index in [0.29, 0.717) is 17.9 Å². The molecule has 3 N–H and O–H groups in total. The van der Waals surface area contributed by atoms with E-state index in [1.54, 1.807) is 11.9 Å². The van der Waals surface area contributed by atoms with Crippen molar-refractivity contribution in [2.24, 2.45) is 5.73 Å². The van der Waals surface area contributed by atoms with Crippen LogP contribution in [0.1, 0.15) is 23.7 Å². The number of thiocarbonyl (C=S) groups is 1. The van der Waals surface area contributed by atoms with Crippen LogP contribution in [0.5, 0.6) is 0 Å². The van der Waals surface area contributed by atoms with E-state index < -0.39 is 0 Å². The third-order valence-electron chi connectivity index (χ3n) is 2.98. The second-order valence-corrected chi connectivity index (χ2v) is 4.60.